The molecule has 2 rings (SSSR count). The third-order valence-corrected chi connectivity index (χ3v) is 3.20. The van der Waals surface area contributed by atoms with Crippen molar-refractivity contribution in [1.82, 2.24) is 9.55 Å². The second-order valence-electron chi connectivity index (χ2n) is 4.55. The molecule has 0 fully saturated rings. The van der Waals surface area contributed by atoms with Gasteiger partial charge in [-0.2, -0.15) is 0 Å². The first-order chi connectivity index (χ1) is 8.50. The van der Waals surface area contributed by atoms with Gasteiger partial charge in [0, 0.05) is 6.04 Å². The van der Waals surface area contributed by atoms with Crippen LogP contribution in [0.4, 0.5) is 4.39 Å². The van der Waals surface area contributed by atoms with Crippen molar-refractivity contribution >= 4 is 11.6 Å². The number of halogens is 2. The summed E-state index contributed by atoms with van der Waals surface area (Å²) < 4.78 is 14.8. The van der Waals surface area contributed by atoms with E-state index >= 15 is 0 Å². The van der Waals surface area contributed by atoms with Crippen molar-refractivity contribution in [1.29, 1.82) is 0 Å². The Morgan fingerprint density at radius 2 is 2.11 bits per heavy atom. The zero-order chi connectivity index (χ0) is 13.3. The fourth-order valence-electron chi connectivity index (χ4n) is 1.77. The number of hydrogen-bond acceptors (Lipinski definition) is 2. The van der Waals surface area contributed by atoms with E-state index in [1.165, 1.54) is 12.1 Å². The first-order valence-electron chi connectivity index (χ1n) is 5.74. The monoisotopic (exact) mass is 267 g/mol. The standard InChI is InChI=1S/C13H15ClFN3/c1-8(2)13(16)12-6-17-7-18(12)11-4-3-9(15)5-10(11)14/h3-8,13H,16H2,1-2H3. The lowest BCUT2D eigenvalue weighted by molar-refractivity contribution is 0.497. The number of hydrogen-bond donors (Lipinski definition) is 1. The van der Waals surface area contributed by atoms with Crippen molar-refractivity contribution in [2.75, 3.05) is 0 Å². The molecule has 1 aromatic heterocycles. The minimum atomic E-state index is -0.362. The molecule has 0 aliphatic heterocycles. The summed E-state index contributed by atoms with van der Waals surface area (Å²) in [6, 6.07) is 4.12. The molecular weight excluding hydrogens is 253 g/mol. The van der Waals surface area contributed by atoms with Gasteiger partial charge in [-0.05, 0) is 24.1 Å². The molecule has 18 heavy (non-hydrogen) atoms. The molecule has 0 amide bonds. The highest BCUT2D eigenvalue weighted by Gasteiger charge is 2.17. The van der Waals surface area contributed by atoms with Crippen LogP contribution >= 0.6 is 11.6 Å². The smallest absolute Gasteiger partial charge is 0.124 e. The summed E-state index contributed by atoms with van der Waals surface area (Å²) in [6.45, 7) is 4.07. The van der Waals surface area contributed by atoms with Gasteiger partial charge in [0.25, 0.3) is 0 Å². The van der Waals surface area contributed by atoms with E-state index in [0.29, 0.717) is 10.7 Å². The Morgan fingerprint density at radius 1 is 1.39 bits per heavy atom. The van der Waals surface area contributed by atoms with E-state index in [9.17, 15) is 4.39 Å². The summed E-state index contributed by atoms with van der Waals surface area (Å²) in [7, 11) is 0. The molecule has 0 aliphatic carbocycles. The number of nitrogens with zero attached hydrogens (tertiary/aromatic N) is 2. The average molecular weight is 268 g/mol. The lowest BCUT2D eigenvalue weighted by Crippen LogP contribution is -2.20. The molecule has 2 N–H and O–H groups in total. The van der Waals surface area contributed by atoms with Gasteiger partial charge in [0.15, 0.2) is 0 Å². The quantitative estimate of drug-likeness (QED) is 0.927. The minimum absolute atomic E-state index is 0.145. The summed E-state index contributed by atoms with van der Waals surface area (Å²) in [5, 5.41) is 0.338. The molecule has 1 aromatic carbocycles. The van der Waals surface area contributed by atoms with Gasteiger partial charge in [0.05, 0.1) is 28.9 Å². The van der Waals surface area contributed by atoms with Crippen LogP contribution in [0.1, 0.15) is 25.6 Å². The predicted molar refractivity (Wildman–Crippen MR) is 70.3 cm³/mol. The largest absolute Gasteiger partial charge is 0.322 e. The molecular formula is C13H15ClFN3. The van der Waals surface area contributed by atoms with Crippen LogP contribution in [0.3, 0.4) is 0 Å². The zero-order valence-corrected chi connectivity index (χ0v) is 11.0. The van der Waals surface area contributed by atoms with E-state index in [4.69, 9.17) is 17.3 Å². The molecule has 1 atom stereocenters. The molecule has 0 saturated carbocycles. The molecule has 96 valence electrons. The highest BCUT2D eigenvalue weighted by Crippen LogP contribution is 2.26. The van der Waals surface area contributed by atoms with Crippen molar-refractivity contribution in [3.63, 3.8) is 0 Å². The number of rotatable bonds is 3. The highest BCUT2D eigenvalue weighted by atomic mass is 35.5. The first kappa shape index (κ1) is 13.1. The molecule has 1 heterocycles. The second kappa shape index (κ2) is 5.08. The zero-order valence-electron chi connectivity index (χ0n) is 10.3. The first-order valence-corrected chi connectivity index (χ1v) is 6.11. The van der Waals surface area contributed by atoms with E-state index in [1.54, 1.807) is 23.2 Å². The number of nitrogens with two attached hydrogens (primary N) is 1. The second-order valence-corrected chi connectivity index (χ2v) is 4.96. The van der Waals surface area contributed by atoms with Crippen LogP contribution in [-0.2, 0) is 0 Å². The van der Waals surface area contributed by atoms with Crippen LogP contribution in [0.2, 0.25) is 5.02 Å². The Kier molecular flexibility index (Phi) is 3.68. The Bertz CT molecular complexity index is 551. The van der Waals surface area contributed by atoms with Crippen molar-refractivity contribution in [2.45, 2.75) is 19.9 Å². The van der Waals surface area contributed by atoms with Crippen molar-refractivity contribution in [3.8, 4) is 5.69 Å². The van der Waals surface area contributed by atoms with Crippen LogP contribution in [-0.4, -0.2) is 9.55 Å². The van der Waals surface area contributed by atoms with E-state index < -0.39 is 0 Å². The summed E-state index contributed by atoms with van der Waals surface area (Å²) in [5.41, 5.74) is 7.66. The minimum Gasteiger partial charge on any atom is -0.322 e. The molecule has 0 aliphatic rings. The molecule has 0 bridgehead atoms. The van der Waals surface area contributed by atoms with Gasteiger partial charge in [0.1, 0.15) is 5.82 Å². The molecule has 2 aromatic rings. The van der Waals surface area contributed by atoms with Crippen molar-refractivity contribution < 1.29 is 4.39 Å². The number of imidazole rings is 1. The van der Waals surface area contributed by atoms with Gasteiger partial charge in [-0.25, -0.2) is 9.37 Å². The van der Waals surface area contributed by atoms with Crippen molar-refractivity contribution in [2.24, 2.45) is 11.7 Å². The van der Waals surface area contributed by atoms with Gasteiger partial charge < -0.3 is 10.3 Å². The lowest BCUT2D eigenvalue weighted by atomic mass is 10.0. The van der Waals surface area contributed by atoms with Crippen LogP contribution in [0.5, 0.6) is 0 Å². The molecule has 3 nitrogen and oxygen atoms in total. The lowest BCUT2D eigenvalue weighted by Gasteiger charge is -2.18. The molecule has 0 spiro atoms. The van der Waals surface area contributed by atoms with E-state index in [1.807, 2.05) is 13.8 Å². The summed E-state index contributed by atoms with van der Waals surface area (Å²) in [5.74, 6) is -0.0850. The van der Waals surface area contributed by atoms with Gasteiger partial charge in [0.2, 0.25) is 0 Å². The predicted octanol–water partition coefficient (Wildman–Crippen LogP) is 3.32. The molecule has 0 saturated heterocycles. The highest BCUT2D eigenvalue weighted by molar-refractivity contribution is 6.32. The third kappa shape index (κ3) is 2.40. The average Bonchev–Trinajstić information content (AvgIpc) is 2.76. The van der Waals surface area contributed by atoms with E-state index in [2.05, 4.69) is 4.98 Å². The fourth-order valence-corrected chi connectivity index (χ4v) is 2.03. The Labute approximate surface area is 110 Å². The maximum Gasteiger partial charge on any atom is 0.124 e. The molecule has 5 heteroatoms. The van der Waals surface area contributed by atoms with Gasteiger partial charge in [-0.1, -0.05) is 25.4 Å². The number of aromatic nitrogens is 2. The normalized spacial score (nSPS) is 13.0. The van der Waals surface area contributed by atoms with Gasteiger partial charge >= 0.3 is 0 Å². The fraction of sp³-hybridized carbons (Fsp3) is 0.308. The van der Waals surface area contributed by atoms with Crippen LogP contribution in [0, 0.1) is 11.7 Å². The molecule has 1 unspecified atom stereocenters. The van der Waals surface area contributed by atoms with Crippen LogP contribution in [0.15, 0.2) is 30.7 Å². The van der Waals surface area contributed by atoms with E-state index in [-0.39, 0.29) is 17.8 Å². The summed E-state index contributed by atoms with van der Waals surface area (Å²) >= 11 is 6.05. The molecule has 0 radical (unpaired) electrons. The van der Waals surface area contributed by atoms with Crippen LogP contribution in [0.25, 0.3) is 5.69 Å². The summed E-state index contributed by atoms with van der Waals surface area (Å²) in [6.07, 6.45) is 3.35. The Balaban J connectivity index is 2.49. The van der Waals surface area contributed by atoms with Gasteiger partial charge in [-0.15, -0.1) is 0 Å². The van der Waals surface area contributed by atoms with E-state index in [0.717, 1.165) is 5.69 Å². The SMILES string of the molecule is CC(C)C(N)c1cncn1-c1ccc(F)cc1Cl. The van der Waals surface area contributed by atoms with Crippen LogP contribution < -0.4 is 5.73 Å². The third-order valence-electron chi connectivity index (χ3n) is 2.90. The number of benzene rings is 1. The topological polar surface area (TPSA) is 43.8 Å². The summed E-state index contributed by atoms with van der Waals surface area (Å²) in [4.78, 5) is 4.10. The Morgan fingerprint density at radius 3 is 2.72 bits per heavy atom. The Hall–Kier alpha value is -1.39. The maximum atomic E-state index is 13.0. The van der Waals surface area contributed by atoms with Gasteiger partial charge in [-0.3, -0.25) is 0 Å². The maximum absolute atomic E-state index is 13.0. The van der Waals surface area contributed by atoms with Crippen molar-refractivity contribution in [3.05, 3.63) is 47.3 Å².